The van der Waals surface area contributed by atoms with Gasteiger partial charge in [-0.25, -0.2) is 0 Å². The zero-order valence-electron chi connectivity index (χ0n) is 17.8. The molecule has 2 atom stereocenters. The van der Waals surface area contributed by atoms with Gasteiger partial charge in [0.2, 0.25) is 0 Å². The van der Waals surface area contributed by atoms with Crippen LogP contribution in [0, 0.1) is 6.92 Å². The normalized spacial score (nSPS) is 12.4. The minimum absolute atomic E-state index is 0.257. The minimum Gasteiger partial charge on any atom is -0.480 e. The van der Waals surface area contributed by atoms with Crippen LogP contribution in [0.25, 0.3) is 0 Å². The molecule has 3 aromatic rings. The second-order valence-corrected chi connectivity index (χ2v) is 7.11. The van der Waals surface area contributed by atoms with E-state index in [0.717, 1.165) is 0 Å². The summed E-state index contributed by atoms with van der Waals surface area (Å²) in [4.78, 5) is 24.9. The first-order valence-electron chi connectivity index (χ1n) is 10.1. The number of anilines is 2. The van der Waals surface area contributed by atoms with Crippen molar-refractivity contribution in [3.8, 4) is 11.5 Å². The number of para-hydroxylation sites is 2. The highest BCUT2D eigenvalue weighted by Crippen LogP contribution is 2.29. The van der Waals surface area contributed by atoms with Crippen molar-refractivity contribution >= 4 is 23.2 Å². The summed E-state index contributed by atoms with van der Waals surface area (Å²) >= 11 is 0. The molecule has 0 aliphatic heterocycles. The highest BCUT2D eigenvalue weighted by Gasteiger charge is 2.20. The molecule has 160 valence electrons. The van der Waals surface area contributed by atoms with Gasteiger partial charge in [0.05, 0.1) is 0 Å². The average molecular weight is 418 g/mol. The van der Waals surface area contributed by atoms with Gasteiger partial charge in [0.25, 0.3) is 11.8 Å². The number of carbonyl (C=O) groups is 2. The molecule has 2 N–H and O–H groups in total. The molecule has 0 fully saturated rings. The minimum atomic E-state index is -0.715. The number of amides is 2. The van der Waals surface area contributed by atoms with Crippen molar-refractivity contribution in [2.45, 2.75) is 33.0 Å². The second kappa shape index (κ2) is 10.3. The van der Waals surface area contributed by atoms with Crippen molar-refractivity contribution in [3.05, 3.63) is 84.4 Å². The maximum absolute atomic E-state index is 12.4. The molecule has 2 amide bonds. The second-order valence-electron chi connectivity index (χ2n) is 7.11. The molecule has 0 bridgehead atoms. The molecular formula is C25H26N2O4. The van der Waals surface area contributed by atoms with E-state index in [9.17, 15) is 9.59 Å². The van der Waals surface area contributed by atoms with Crippen LogP contribution in [0.2, 0.25) is 0 Å². The number of hydrogen-bond donors (Lipinski definition) is 2. The van der Waals surface area contributed by atoms with Crippen LogP contribution in [0.1, 0.15) is 19.4 Å². The summed E-state index contributed by atoms with van der Waals surface area (Å²) < 4.78 is 11.7. The Labute approximate surface area is 182 Å². The van der Waals surface area contributed by atoms with Gasteiger partial charge in [0.1, 0.15) is 11.5 Å². The van der Waals surface area contributed by atoms with Crippen LogP contribution in [0.5, 0.6) is 11.5 Å². The number of carbonyl (C=O) groups excluding carboxylic acids is 2. The standard InChI is InChI=1S/C25H26N2O4/c1-17-22(30-18(2)24(28)26-20-11-6-4-7-12-20)15-10-16-23(17)31-19(3)25(29)27-21-13-8-5-9-14-21/h4-16,18-19H,1-3H3,(H,26,28)(H,27,29)/t18-,19?/m1/s1. The van der Waals surface area contributed by atoms with E-state index >= 15 is 0 Å². The zero-order valence-corrected chi connectivity index (χ0v) is 17.8. The van der Waals surface area contributed by atoms with Gasteiger partial charge >= 0.3 is 0 Å². The molecule has 0 aliphatic rings. The van der Waals surface area contributed by atoms with Crippen molar-refractivity contribution in [1.82, 2.24) is 0 Å². The zero-order chi connectivity index (χ0) is 22.2. The van der Waals surface area contributed by atoms with Gasteiger partial charge in [-0.15, -0.1) is 0 Å². The monoisotopic (exact) mass is 418 g/mol. The van der Waals surface area contributed by atoms with E-state index in [1.807, 2.05) is 67.6 Å². The Balaban J connectivity index is 1.62. The maximum atomic E-state index is 12.4. The predicted octanol–water partition coefficient (Wildman–Crippen LogP) is 4.81. The van der Waals surface area contributed by atoms with Crippen LogP contribution in [0.4, 0.5) is 11.4 Å². The summed E-state index contributed by atoms with van der Waals surface area (Å²) in [5.41, 5.74) is 2.12. The molecule has 0 spiro atoms. The Bertz CT molecular complexity index is 942. The molecule has 31 heavy (non-hydrogen) atoms. The average Bonchev–Trinajstić information content (AvgIpc) is 2.77. The summed E-state index contributed by atoms with van der Waals surface area (Å²) in [5, 5.41) is 5.64. The fraction of sp³-hybridized carbons (Fsp3) is 0.200. The molecule has 6 nitrogen and oxygen atoms in total. The van der Waals surface area contributed by atoms with Crippen molar-refractivity contribution in [2.24, 2.45) is 0 Å². The largest absolute Gasteiger partial charge is 0.480 e. The lowest BCUT2D eigenvalue weighted by Crippen LogP contribution is -2.31. The van der Waals surface area contributed by atoms with Gasteiger partial charge in [-0.3, -0.25) is 9.59 Å². The summed E-state index contributed by atoms with van der Waals surface area (Å²) in [6.07, 6.45) is -1.43. The fourth-order valence-electron chi connectivity index (χ4n) is 2.87. The Kier molecular flexibility index (Phi) is 7.27. The predicted molar refractivity (Wildman–Crippen MR) is 122 cm³/mol. The lowest BCUT2D eigenvalue weighted by Gasteiger charge is -2.20. The van der Waals surface area contributed by atoms with Crippen molar-refractivity contribution in [2.75, 3.05) is 10.6 Å². The van der Waals surface area contributed by atoms with Gasteiger partial charge in [-0.1, -0.05) is 42.5 Å². The third-order valence-corrected chi connectivity index (χ3v) is 4.66. The molecule has 0 heterocycles. The number of benzene rings is 3. The van der Waals surface area contributed by atoms with Crippen molar-refractivity contribution in [1.29, 1.82) is 0 Å². The van der Waals surface area contributed by atoms with Gasteiger partial charge in [-0.05, 0) is 57.2 Å². The summed E-state index contributed by atoms with van der Waals surface area (Å²) in [6, 6.07) is 23.7. The van der Waals surface area contributed by atoms with Crippen LogP contribution in [0.15, 0.2) is 78.9 Å². The van der Waals surface area contributed by atoms with Crippen molar-refractivity contribution < 1.29 is 19.1 Å². The van der Waals surface area contributed by atoms with Gasteiger partial charge in [0.15, 0.2) is 12.2 Å². The molecule has 0 aliphatic carbocycles. The highest BCUT2D eigenvalue weighted by molar-refractivity contribution is 5.94. The molecule has 3 aromatic carbocycles. The first-order valence-corrected chi connectivity index (χ1v) is 10.1. The van der Waals surface area contributed by atoms with E-state index < -0.39 is 12.2 Å². The molecular weight excluding hydrogens is 392 g/mol. The van der Waals surface area contributed by atoms with E-state index in [-0.39, 0.29) is 11.8 Å². The third kappa shape index (κ3) is 6.09. The van der Waals surface area contributed by atoms with Crippen molar-refractivity contribution in [3.63, 3.8) is 0 Å². The summed E-state index contributed by atoms with van der Waals surface area (Å²) in [5.74, 6) is 0.521. The molecule has 0 saturated carbocycles. The van der Waals surface area contributed by atoms with Crippen LogP contribution in [-0.2, 0) is 9.59 Å². The summed E-state index contributed by atoms with van der Waals surface area (Å²) in [6.45, 7) is 5.19. The maximum Gasteiger partial charge on any atom is 0.265 e. The summed E-state index contributed by atoms with van der Waals surface area (Å²) in [7, 11) is 0. The molecule has 3 rings (SSSR count). The van der Waals surface area contributed by atoms with E-state index in [1.54, 1.807) is 32.0 Å². The van der Waals surface area contributed by atoms with E-state index in [2.05, 4.69) is 10.6 Å². The highest BCUT2D eigenvalue weighted by atomic mass is 16.5. The molecule has 0 saturated heterocycles. The number of hydrogen-bond acceptors (Lipinski definition) is 4. The molecule has 0 aromatic heterocycles. The lowest BCUT2D eigenvalue weighted by molar-refractivity contribution is -0.122. The van der Waals surface area contributed by atoms with Gasteiger partial charge in [0, 0.05) is 16.9 Å². The van der Waals surface area contributed by atoms with E-state index in [0.29, 0.717) is 28.4 Å². The van der Waals surface area contributed by atoms with E-state index in [4.69, 9.17) is 9.47 Å². The molecule has 0 radical (unpaired) electrons. The van der Waals surface area contributed by atoms with E-state index in [1.165, 1.54) is 0 Å². The quantitative estimate of drug-likeness (QED) is 0.551. The van der Waals surface area contributed by atoms with Crippen LogP contribution in [-0.4, -0.2) is 24.0 Å². The van der Waals surface area contributed by atoms with Crippen LogP contribution in [0.3, 0.4) is 0 Å². The Morgan fingerprint density at radius 1 is 0.645 bits per heavy atom. The number of nitrogens with one attached hydrogen (secondary N) is 2. The Morgan fingerprint density at radius 2 is 1.03 bits per heavy atom. The fourth-order valence-corrected chi connectivity index (χ4v) is 2.87. The topological polar surface area (TPSA) is 76.7 Å². The first kappa shape index (κ1) is 21.9. The number of ether oxygens (including phenoxy) is 2. The smallest absolute Gasteiger partial charge is 0.265 e. The van der Waals surface area contributed by atoms with Gasteiger partial charge < -0.3 is 20.1 Å². The first-order chi connectivity index (χ1) is 14.9. The lowest BCUT2D eigenvalue weighted by atomic mass is 10.2. The number of rotatable bonds is 8. The molecule has 6 heteroatoms. The molecule has 1 unspecified atom stereocenters. The van der Waals surface area contributed by atoms with Crippen LogP contribution >= 0.6 is 0 Å². The van der Waals surface area contributed by atoms with Gasteiger partial charge in [-0.2, -0.15) is 0 Å². The third-order valence-electron chi connectivity index (χ3n) is 4.66. The Hall–Kier alpha value is -3.80. The SMILES string of the molecule is Cc1c(OC(C)C(=O)Nc2ccccc2)cccc1O[C@H](C)C(=O)Nc1ccccc1. The van der Waals surface area contributed by atoms with Crippen LogP contribution < -0.4 is 20.1 Å². The Morgan fingerprint density at radius 3 is 1.42 bits per heavy atom.